The van der Waals surface area contributed by atoms with Crippen LogP contribution in [0.1, 0.15) is 20.9 Å². The molecule has 0 amide bonds. The molecule has 0 aromatic carbocycles. The van der Waals surface area contributed by atoms with Crippen LogP contribution in [-0.2, 0) is 11.3 Å². The summed E-state index contributed by atoms with van der Waals surface area (Å²) in [6.45, 7) is 2.51. The Kier molecular flexibility index (Phi) is 4.11. The van der Waals surface area contributed by atoms with Crippen LogP contribution in [0, 0.1) is 6.92 Å². The predicted molar refractivity (Wildman–Crippen MR) is 74.5 cm³/mol. The number of aryl methyl sites for hydroxylation is 1. The first-order valence-corrected chi connectivity index (χ1v) is 6.59. The Bertz CT molecular complexity index is 569. The van der Waals surface area contributed by atoms with E-state index < -0.39 is 0 Å². The van der Waals surface area contributed by atoms with Gasteiger partial charge in [-0.15, -0.1) is 0 Å². The summed E-state index contributed by atoms with van der Waals surface area (Å²) >= 11 is 1.34. The van der Waals surface area contributed by atoms with E-state index in [1.54, 1.807) is 6.20 Å². The number of pyridine rings is 1. The van der Waals surface area contributed by atoms with Gasteiger partial charge in [-0.3, -0.25) is 4.98 Å². The number of rotatable bonds is 4. The minimum atomic E-state index is -0.337. The highest BCUT2D eigenvalue weighted by atomic mass is 32.1. The minimum absolute atomic E-state index is 0.337. The topological polar surface area (TPSA) is 55.3 Å². The lowest BCUT2D eigenvalue weighted by Crippen LogP contribution is -2.16. The van der Waals surface area contributed by atoms with E-state index >= 15 is 0 Å². The van der Waals surface area contributed by atoms with E-state index in [9.17, 15) is 4.79 Å². The molecule has 0 saturated carbocycles. The summed E-state index contributed by atoms with van der Waals surface area (Å²) in [6.07, 6.45) is 3.56. The Morgan fingerprint density at radius 3 is 2.95 bits per heavy atom. The lowest BCUT2D eigenvalue weighted by Gasteiger charge is -2.15. The fourth-order valence-corrected chi connectivity index (χ4v) is 2.61. The van der Waals surface area contributed by atoms with Crippen molar-refractivity contribution in [3.05, 3.63) is 40.7 Å². The molecule has 2 heterocycles. The standard InChI is InChI=1S/C13H15N3O2S/c1-9-11(12(17)18-3)19-13(15-9)16(2)8-10-5-4-6-14-7-10/h4-7H,8H2,1-3H3. The number of ether oxygens (including phenoxy) is 1. The number of esters is 1. The normalized spacial score (nSPS) is 10.3. The van der Waals surface area contributed by atoms with Gasteiger partial charge in [0.25, 0.3) is 0 Å². The summed E-state index contributed by atoms with van der Waals surface area (Å²) in [7, 11) is 3.31. The summed E-state index contributed by atoms with van der Waals surface area (Å²) in [5, 5.41) is 0.793. The molecule has 0 radical (unpaired) electrons. The number of hydrogen-bond donors (Lipinski definition) is 0. The number of carbonyl (C=O) groups is 1. The van der Waals surface area contributed by atoms with Gasteiger partial charge in [0.15, 0.2) is 5.13 Å². The number of methoxy groups -OCH3 is 1. The molecule has 0 unspecified atom stereocenters. The molecule has 0 aliphatic carbocycles. The van der Waals surface area contributed by atoms with Gasteiger partial charge in [-0.25, -0.2) is 9.78 Å². The average Bonchev–Trinajstić information content (AvgIpc) is 2.81. The van der Waals surface area contributed by atoms with Gasteiger partial charge in [-0.1, -0.05) is 17.4 Å². The monoisotopic (exact) mass is 277 g/mol. The van der Waals surface area contributed by atoms with Crippen molar-refractivity contribution in [1.29, 1.82) is 0 Å². The highest BCUT2D eigenvalue weighted by Crippen LogP contribution is 2.26. The van der Waals surface area contributed by atoms with Crippen molar-refractivity contribution in [2.24, 2.45) is 0 Å². The van der Waals surface area contributed by atoms with Crippen molar-refractivity contribution in [3.63, 3.8) is 0 Å². The number of aromatic nitrogens is 2. The fourth-order valence-electron chi connectivity index (χ4n) is 1.66. The van der Waals surface area contributed by atoms with Crippen LogP contribution in [0.4, 0.5) is 5.13 Å². The van der Waals surface area contributed by atoms with Crippen LogP contribution < -0.4 is 4.90 Å². The van der Waals surface area contributed by atoms with Gasteiger partial charge in [0, 0.05) is 26.0 Å². The Hall–Kier alpha value is -1.95. The van der Waals surface area contributed by atoms with E-state index in [0.717, 1.165) is 10.7 Å². The van der Waals surface area contributed by atoms with Crippen molar-refractivity contribution in [2.45, 2.75) is 13.5 Å². The van der Waals surface area contributed by atoms with Crippen LogP contribution in [0.2, 0.25) is 0 Å². The first kappa shape index (κ1) is 13.5. The van der Waals surface area contributed by atoms with Gasteiger partial charge >= 0.3 is 5.97 Å². The number of anilines is 1. The number of hydrogen-bond acceptors (Lipinski definition) is 6. The van der Waals surface area contributed by atoms with Crippen LogP contribution >= 0.6 is 11.3 Å². The Morgan fingerprint density at radius 2 is 2.32 bits per heavy atom. The molecule has 19 heavy (non-hydrogen) atoms. The van der Waals surface area contributed by atoms with E-state index in [-0.39, 0.29) is 5.97 Å². The number of nitrogens with zero attached hydrogens (tertiary/aromatic N) is 3. The van der Waals surface area contributed by atoms with E-state index in [0.29, 0.717) is 17.1 Å². The van der Waals surface area contributed by atoms with Crippen molar-refractivity contribution in [3.8, 4) is 0 Å². The van der Waals surface area contributed by atoms with Crippen LogP contribution in [0.3, 0.4) is 0 Å². The molecule has 2 aromatic heterocycles. The lowest BCUT2D eigenvalue weighted by molar-refractivity contribution is 0.0605. The van der Waals surface area contributed by atoms with Crippen molar-refractivity contribution < 1.29 is 9.53 Å². The van der Waals surface area contributed by atoms with E-state index in [1.165, 1.54) is 18.4 Å². The van der Waals surface area contributed by atoms with Gasteiger partial charge in [0.1, 0.15) is 4.88 Å². The van der Waals surface area contributed by atoms with E-state index in [4.69, 9.17) is 4.74 Å². The summed E-state index contributed by atoms with van der Waals surface area (Å²) < 4.78 is 4.73. The fraction of sp³-hybridized carbons (Fsp3) is 0.308. The molecular formula is C13H15N3O2S. The molecule has 2 aromatic rings. The van der Waals surface area contributed by atoms with Crippen LogP contribution in [0.25, 0.3) is 0 Å². The molecule has 0 bridgehead atoms. The number of thiazole rings is 1. The Balaban J connectivity index is 2.16. The Labute approximate surface area is 115 Å². The van der Waals surface area contributed by atoms with E-state index in [2.05, 4.69) is 9.97 Å². The maximum atomic E-state index is 11.5. The van der Waals surface area contributed by atoms with Gasteiger partial charge in [-0.05, 0) is 18.6 Å². The highest BCUT2D eigenvalue weighted by molar-refractivity contribution is 7.17. The molecule has 0 spiro atoms. The van der Waals surface area contributed by atoms with Crippen molar-refractivity contribution in [2.75, 3.05) is 19.1 Å². The van der Waals surface area contributed by atoms with Gasteiger partial charge in [0.05, 0.1) is 12.8 Å². The third kappa shape index (κ3) is 3.08. The van der Waals surface area contributed by atoms with Crippen LogP contribution in [0.5, 0.6) is 0 Å². The SMILES string of the molecule is COC(=O)c1sc(N(C)Cc2cccnc2)nc1C. The molecule has 0 saturated heterocycles. The minimum Gasteiger partial charge on any atom is -0.465 e. The summed E-state index contributed by atoms with van der Waals surface area (Å²) in [5.41, 5.74) is 1.79. The molecule has 0 atom stereocenters. The summed E-state index contributed by atoms with van der Waals surface area (Å²) in [4.78, 5) is 22.6. The molecule has 0 aliphatic rings. The maximum absolute atomic E-state index is 11.5. The summed E-state index contributed by atoms with van der Waals surface area (Å²) in [6, 6.07) is 3.90. The number of carbonyl (C=O) groups excluding carboxylic acids is 1. The molecular weight excluding hydrogens is 262 g/mol. The highest BCUT2D eigenvalue weighted by Gasteiger charge is 2.17. The first-order chi connectivity index (χ1) is 9.11. The zero-order valence-corrected chi connectivity index (χ0v) is 11.9. The molecule has 100 valence electrons. The van der Waals surface area contributed by atoms with Gasteiger partial charge in [0.2, 0.25) is 0 Å². The molecule has 2 rings (SSSR count). The first-order valence-electron chi connectivity index (χ1n) is 5.77. The van der Waals surface area contributed by atoms with Gasteiger partial charge < -0.3 is 9.64 Å². The average molecular weight is 277 g/mol. The quantitative estimate of drug-likeness (QED) is 0.802. The lowest BCUT2D eigenvalue weighted by atomic mass is 10.3. The van der Waals surface area contributed by atoms with Crippen molar-refractivity contribution in [1.82, 2.24) is 9.97 Å². The second kappa shape index (κ2) is 5.79. The third-order valence-corrected chi connectivity index (χ3v) is 3.88. The molecule has 0 aliphatic heterocycles. The summed E-state index contributed by atoms with van der Waals surface area (Å²) in [5.74, 6) is -0.337. The molecule has 0 N–H and O–H groups in total. The largest absolute Gasteiger partial charge is 0.465 e. The van der Waals surface area contributed by atoms with Crippen molar-refractivity contribution >= 4 is 22.4 Å². The zero-order chi connectivity index (χ0) is 13.8. The van der Waals surface area contributed by atoms with Gasteiger partial charge in [-0.2, -0.15) is 0 Å². The second-order valence-electron chi connectivity index (χ2n) is 4.12. The zero-order valence-electron chi connectivity index (χ0n) is 11.1. The molecule has 5 nitrogen and oxygen atoms in total. The van der Waals surface area contributed by atoms with Crippen LogP contribution in [0.15, 0.2) is 24.5 Å². The maximum Gasteiger partial charge on any atom is 0.350 e. The predicted octanol–water partition coefficient (Wildman–Crippen LogP) is 2.27. The second-order valence-corrected chi connectivity index (χ2v) is 5.10. The smallest absolute Gasteiger partial charge is 0.350 e. The molecule has 0 fully saturated rings. The Morgan fingerprint density at radius 1 is 1.53 bits per heavy atom. The third-order valence-electron chi connectivity index (χ3n) is 2.63. The molecule has 6 heteroatoms. The van der Waals surface area contributed by atoms with Crippen LogP contribution in [-0.4, -0.2) is 30.1 Å². The van der Waals surface area contributed by atoms with E-state index in [1.807, 2.05) is 37.2 Å².